The number of hydrogen-bond acceptors (Lipinski definition) is 5. The van der Waals surface area contributed by atoms with Gasteiger partial charge < -0.3 is 9.94 Å². The molecule has 0 aromatic heterocycles. The number of rotatable bonds is 5. The van der Waals surface area contributed by atoms with E-state index in [1.165, 1.54) is 18.2 Å². The van der Waals surface area contributed by atoms with E-state index in [0.29, 0.717) is 17.9 Å². The Balaban J connectivity index is 2.21. The maximum Gasteiger partial charge on any atom is 0.270 e. The molecule has 0 unspecified atom stereocenters. The first-order valence-corrected chi connectivity index (χ1v) is 6.72. The zero-order valence-electron chi connectivity index (χ0n) is 10.8. The van der Waals surface area contributed by atoms with Crippen molar-refractivity contribution in [2.24, 2.45) is 5.16 Å². The number of nitro benzene ring substituents is 1. The summed E-state index contributed by atoms with van der Waals surface area (Å²) in [6.07, 6.45) is 1.10. The third kappa shape index (κ3) is 4.03. The van der Waals surface area contributed by atoms with Crippen molar-refractivity contribution >= 4 is 27.8 Å². The normalized spacial score (nSPS) is 10.7. The average molecular weight is 351 g/mol. The molecule has 0 amide bonds. The van der Waals surface area contributed by atoms with Crippen molar-refractivity contribution in [2.45, 2.75) is 6.61 Å². The average Bonchev–Trinajstić information content (AvgIpc) is 2.46. The summed E-state index contributed by atoms with van der Waals surface area (Å²) in [6.45, 7) is 0.295. The first-order chi connectivity index (χ1) is 10.1. The Morgan fingerprint density at radius 1 is 1.33 bits per heavy atom. The van der Waals surface area contributed by atoms with Gasteiger partial charge in [0.25, 0.3) is 5.69 Å². The monoisotopic (exact) mass is 350 g/mol. The molecule has 2 aromatic carbocycles. The molecule has 0 aliphatic heterocycles. The number of benzene rings is 2. The number of halogens is 1. The van der Waals surface area contributed by atoms with Gasteiger partial charge in [-0.3, -0.25) is 10.1 Å². The highest BCUT2D eigenvalue weighted by atomic mass is 79.9. The number of nitrogens with zero attached hydrogens (tertiary/aromatic N) is 2. The van der Waals surface area contributed by atoms with Gasteiger partial charge in [-0.2, -0.15) is 0 Å². The molecule has 7 heteroatoms. The Hall–Kier alpha value is -2.41. The lowest BCUT2D eigenvalue weighted by atomic mass is 10.2. The minimum atomic E-state index is -0.521. The highest BCUT2D eigenvalue weighted by Gasteiger charge is 2.11. The molecule has 6 nitrogen and oxygen atoms in total. The Labute approximate surface area is 128 Å². The van der Waals surface area contributed by atoms with Crippen molar-refractivity contribution < 1.29 is 14.9 Å². The van der Waals surface area contributed by atoms with E-state index in [0.717, 1.165) is 16.3 Å². The molecule has 0 spiro atoms. The first-order valence-electron chi connectivity index (χ1n) is 5.93. The molecule has 21 heavy (non-hydrogen) atoms. The highest BCUT2D eigenvalue weighted by Crippen LogP contribution is 2.24. The van der Waals surface area contributed by atoms with Crippen LogP contribution in [0.5, 0.6) is 5.75 Å². The Bertz CT molecular complexity index is 688. The minimum absolute atomic E-state index is 0.0975. The first kappa shape index (κ1) is 15.0. The van der Waals surface area contributed by atoms with Crippen molar-refractivity contribution in [3.05, 3.63) is 68.2 Å². The summed E-state index contributed by atoms with van der Waals surface area (Å²) in [7, 11) is 0. The summed E-state index contributed by atoms with van der Waals surface area (Å²) < 4.78 is 6.55. The summed E-state index contributed by atoms with van der Waals surface area (Å²) in [4.78, 5) is 10.2. The predicted molar refractivity (Wildman–Crippen MR) is 81.0 cm³/mol. The van der Waals surface area contributed by atoms with Crippen molar-refractivity contribution in [1.82, 2.24) is 0 Å². The van der Waals surface area contributed by atoms with E-state index in [9.17, 15) is 10.1 Å². The number of nitro groups is 1. The number of hydrogen-bond donors (Lipinski definition) is 1. The van der Waals surface area contributed by atoms with Crippen LogP contribution in [0, 0.1) is 10.1 Å². The van der Waals surface area contributed by atoms with Crippen LogP contribution in [0.25, 0.3) is 0 Å². The Morgan fingerprint density at radius 3 is 2.81 bits per heavy atom. The van der Waals surface area contributed by atoms with Crippen LogP contribution in [0.1, 0.15) is 11.1 Å². The van der Waals surface area contributed by atoms with Gasteiger partial charge in [0.1, 0.15) is 12.4 Å². The molecule has 0 saturated carbocycles. The molecule has 0 saturated heterocycles. The van der Waals surface area contributed by atoms with Crippen LogP contribution in [0.4, 0.5) is 5.69 Å². The fourth-order valence-corrected chi connectivity index (χ4v) is 2.18. The maximum absolute atomic E-state index is 10.7. The SMILES string of the molecule is O=[N+]([O-])c1ccc(OCc2cccc(Br)c2)c(/C=N\O)c1. The van der Waals surface area contributed by atoms with Crippen molar-refractivity contribution in [3.8, 4) is 5.75 Å². The Morgan fingerprint density at radius 2 is 2.14 bits per heavy atom. The van der Waals surface area contributed by atoms with Gasteiger partial charge in [0.15, 0.2) is 0 Å². The highest BCUT2D eigenvalue weighted by molar-refractivity contribution is 9.10. The van der Waals surface area contributed by atoms with E-state index in [2.05, 4.69) is 21.1 Å². The van der Waals surface area contributed by atoms with Gasteiger partial charge in [0.05, 0.1) is 11.1 Å². The minimum Gasteiger partial charge on any atom is -0.488 e. The lowest BCUT2D eigenvalue weighted by molar-refractivity contribution is -0.384. The van der Waals surface area contributed by atoms with Gasteiger partial charge in [0.2, 0.25) is 0 Å². The van der Waals surface area contributed by atoms with Gasteiger partial charge in [0, 0.05) is 22.2 Å². The summed E-state index contributed by atoms with van der Waals surface area (Å²) in [5.74, 6) is 0.401. The summed E-state index contributed by atoms with van der Waals surface area (Å²) in [6, 6.07) is 11.7. The predicted octanol–water partition coefficient (Wildman–Crippen LogP) is 3.74. The van der Waals surface area contributed by atoms with Gasteiger partial charge in [-0.05, 0) is 23.8 Å². The van der Waals surface area contributed by atoms with Crippen LogP contribution in [0.3, 0.4) is 0 Å². The molecule has 0 radical (unpaired) electrons. The summed E-state index contributed by atoms with van der Waals surface area (Å²) in [5.41, 5.74) is 1.18. The second-order valence-corrected chi connectivity index (χ2v) is 5.06. The molecular weight excluding hydrogens is 340 g/mol. The molecule has 0 heterocycles. The molecular formula is C14H11BrN2O4. The molecule has 0 aliphatic rings. The van der Waals surface area contributed by atoms with Crippen LogP contribution in [0.2, 0.25) is 0 Å². The van der Waals surface area contributed by atoms with Gasteiger partial charge >= 0.3 is 0 Å². The second kappa shape index (κ2) is 6.85. The standard InChI is InChI=1S/C14H11BrN2O4/c15-12-3-1-2-10(6-12)9-21-14-5-4-13(17(19)20)7-11(14)8-16-18/h1-8,18H,9H2/b16-8-. The zero-order valence-corrected chi connectivity index (χ0v) is 12.4. The molecule has 0 atom stereocenters. The van der Waals surface area contributed by atoms with E-state index in [4.69, 9.17) is 9.94 Å². The molecule has 2 rings (SSSR count). The van der Waals surface area contributed by atoms with Crippen molar-refractivity contribution in [2.75, 3.05) is 0 Å². The quantitative estimate of drug-likeness (QED) is 0.385. The largest absolute Gasteiger partial charge is 0.488 e. The van der Waals surface area contributed by atoms with Crippen molar-refractivity contribution in [3.63, 3.8) is 0 Å². The van der Waals surface area contributed by atoms with Crippen LogP contribution in [0.15, 0.2) is 52.1 Å². The van der Waals surface area contributed by atoms with E-state index in [1.807, 2.05) is 24.3 Å². The topological polar surface area (TPSA) is 85.0 Å². The van der Waals surface area contributed by atoms with Crippen LogP contribution < -0.4 is 4.74 Å². The third-order valence-corrected chi connectivity index (χ3v) is 3.18. The molecule has 108 valence electrons. The Kier molecular flexibility index (Phi) is 4.89. The van der Waals surface area contributed by atoms with E-state index in [-0.39, 0.29) is 5.69 Å². The molecule has 0 bridgehead atoms. The molecule has 0 fully saturated rings. The van der Waals surface area contributed by atoms with E-state index >= 15 is 0 Å². The smallest absolute Gasteiger partial charge is 0.270 e. The lowest BCUT2D eigenvalue weighted by Crippen LogP contribution is -1.99. The fraction of sp³-hybridized carbons (Fsp3) is 0.0714. The second-order valence-electron chi connectivity index (χ2n) is 4.14. The third-order valence-electron chi connectivity index (χ3n) is 2.68. The molecule has 1 N–H and O–H groups in total. The zero-order chi connectivity index (χ0) is 15.2. The summed E-state index contributed by atoms with van der Waals surface area (Å²) in [5, 5.41) is 22.3. The number of oxime groups is 1. The number of ether oxygens (including phenoxy) is 1. The van der Waals surface area contributed by atoms with Gasteiger partial charge in [-0.15, -0.1) is 0 Å². The lowest BCUT2D eigenvalue weighted by Gasteiger charge is -2.09. The van der Waals surface area contributed by atoms with Crippen LogP contribution >= 0.6 is 15.9 Å². The van der Waals surface area contributed by atoms with E-state index < -0.39 is 4.92 Å². The number of non-ortho nitro benzene ring substituents is 1. The van der Waals surface area contributed by atoms with E-state index in [1.54, 1.807) is 0 Å². The maximum atomic E-state index is 10.7. The van der Waals surface area contributed by atoms with Crippen LogP contribution in [-0.4, -0.2) is 16.3 Å². The van der Waals surface area contributed by atoms with Gasteiger partial charge in [-0.1, -0.05) is 33.2 Å². The van der Waals surface area contributed by atoms with Gasteiger partial charge in [-0.25, -0.2) is 0 Å². The molecule has 2 aromatic rings. The molecule has 0 aliphatic carbocycles. The fourth-order valence-electron chi connectivity index (χ4n) is 1.73. The van der Waals surface area contributed by atoms with Crippen molar-refractivity contribution in [1.29, 1.82) is 0 Å². The summed E-state index contributed by atoms with van der Waals surface area (Å²) >= 11 is 3.37. The van der Waals surface area contributed by atoms with Crippen LogP contribution in [-0.2, 0) is 6.61 Å².